The van der Waals surface area contributed by atoms with E-state index in [-0.39, 0.29) is 0 Å². The zero-order valence-corrected chi connectivity index (χ0v) is 14.4. The minimum Gasteiger partial charge on any atom is -0.404 e. The van der Waals surface area contributed by atoms with Gasteiger partial charge in [-0.2, -0.15) is 0 Å². The molecule has 1 nitrogen and oxygen atoms in total. The molecule has 2 aromatic carbocycles. The van der Waals surface area contributed by atoms with Crippen molar-refractivity contribution in [3.63, 3.8) is 0 Å². The molecule has 2 aromatic rings. The molecule has 1 radical (unpaired) electrons. The first-order valence-electron chi connectivity index (χ1n) is 8.49. The van der Waals surface area contributed by atoms with Crippen molar-refractivity contribution in [1.29, 1.82) is 0 Å². The van der Waals surface area contributed by atoms with Gasteiger partial charge in [0.2, 0.25) is 0 Å². The Kier molecular flexibility index (Phi) is 5.46. The third-order valence-corrected chi connectivity index (χ3v) is 7.01. The largest absolute Gasteiger partial charge is 0.404 e. The molecule has 1 unspecified atom stereocenters. The van der Waals surface area contributed by atoms with E-state index in [0.29, 0.717) is 6.10 Å². The van der Waals surface area contributed by atoms with Crippen LogP contribution >= 0.6 is 0 Å². The van der Waals surface area contributed by atoms with Gasteiger partial charge in [0.05, 0.1) is 0 Å². The Bertz CT molecular complexity index is 509. The second-order valence-corrected chi connectivity index (χ2v) is 8.33. The van der Waals surface area contributed by atoms with E-state index >= 15 is 0 Å². The van der Waals surface area contributed by atoms with Gasteiger partial charge >= 0.3 is 0 Å². The molecule has 1 fully saturated rings. The number of benzene rings is 2. The van der Waals surface area contributed by atoms with Crippen molar-refractivity contribution in [1.82, 2.24) is 0 Å². The van der Waals surface area contributed by atoms with E-state index in [9.17, 15) is 0 Å². The smallest absolute Gasteiger partial charge is 0.283 e. The lowest BCUT2D eigenvalue weighted by molar-refractivity contribution is 0.127. The lowest BCUT2D eigenvalue weighted by Gasteiger charge is -2.30. The van der Waals surface area contributed by atoms with Crippen LogP contribution in [0.3, 0.4) is 0 Å². The molecule has 2 heteroatoms. The number of rotatable bonds is 5. The molecule has 0 amide bonds. The molecule has 0 aromatic heterocycles. The van der Waals surface area contributed by atoms with Crippen LogP contribution in [0.25, 0.3) is 0 Å². The predicted molar refractivity (Wildman–Crippen MR) is 95.0 cm³/mol. The van der Waals surface area contributed by atoms with Gasteiger partial charge in [-0.25, -0.2) is 0 Å². The minimum atomic E-state index is -1.15. The molecule has 0 spiro atoms. The van der Waals surface area contributed by atoms with Crippen molar-refractivity contribution in [2.75, 3.05) is 0 Å². The summed E-state index contributed by atoms with van der Waals surface area (Å²) in [6.07, 6.45) is 7.17. The summed E-state index contributed by atoms with van der Waals surface area (Å²) in [5.74, 6) is 0.737. The van der Waals surface area contributed by atoms with Crippen molar-refractivity contribution in [2.45, 2.75) is 45.1 Å². The summed E-state index contributed by atoms with van der Waals surface area (Å²) >= 11 is 0. The molecule has 3 rings (SSSR count). The monoisotopic (exact) mass is 309 g/mol. The molecule has 22 heavy (non-hydrogen) atoms. The molecule has 1 aliphatic carbocycles. The van der Waals surface area contributed by atoms with Crippen molar-refractivity contribution in [3.05, 3.63) is 60.7 Å². The Morgan fingerprint density at radius 1 is 0.818 bits per heavy atom. The Hall–Kier alpha value is -1.38. The normalized spacial score (nSPS) is 17.5. The van der Waals surface area contributed by atoms with Crippen LogP contribution in [0.5, 0.6) is 0 Å². The Morgan fingerprint density at radius 3 is 1.82 bits per heavy atom. The fourth-order valence-electron chi connectivity index (χ4n) is 3.37. The van der Waals surface area contributed by atoms with Crippen molar-refractivity contribution >= 4 is 19.4 Å². The summed E-state index contributed by atoms with van der Waals surface area (Å²) in [5, 5.41) is 2.70. The summed E-state index contributed by atoms with van der Waals surface area (Å²) in [6, 6.07) is 21.5. The fraction of sp³-hybridized carbons (Fsp3) is 0.400. The zero-order valence-electron chi connectivity index (χ0n) is 13.4. The molecule has 0 N–H and O–H groups in total. The van der Waals surface area contributed by atoms with Crippen molar-refractivity contribution in [3.8, 4) is 0 Å². The second kappa shape index (κ2) is 7.75. The molecule has 1 aliphatic rings. The summed E-state index contributed by atoms with van der Waals surface area (Å²) in [6.45, 7) is 2.28. The first kappa shape index (κ1) is 15.5. The molecular formula is C20H25OSi. The van der Waals surface area contributed by atoms with Crippen LogP contribution in [0.15, 0.2) is 60.7 Å². The van der Waals surface area contributed by atoms with E-state index in [4.69, 9.17) is 4.43 Å². The molecule has 0 saturated heterocycles. The molecule has 1 saturated carbocycles. The maximum Gasteiger partial charge on any atom is 0.283 e. The third-order valence-electron chi connectivity index (χ3n) is 4.69. The third kappa shape index (κ3) is 3.87. The maximum atomic E-state index is 6.66. The topological polar surface area (TPSA) is 9.23 Å². The average molecular weight is 310 g/mol. The van der Waals surface area contributed by atoms with Crippen LogP contribution < -0.4 is 10.4 Å². The standard InChI is InChI=1S/C20H25OSi/c1-17(18-11-5-2-6-12-18)21-22(19-13-7-3-8-14-19)20-15-9-4-10-16-20/h3-4,7-10,13-18H,2,5-6,11-12H2,1H3. The van der Waals surface area contributed by atoms with Crippen LogP contribution in [0.2, 0.25) is 0 Å². The van der Waals surface area contributed by atoms with Crippen LogP contribution in [-0.2, 0) is 4.43 Å². The Balaban J connectivity index is 1.79. The van der Waals surface area contributed by atoms with Crippen LogP contribution in [0, 0.1) is 5.92 Å². The summed E-state index contributed by atoms with van der Waals surface area (Å²) in [7, 11) is -1.15. The van der Waals surface area contributed by atoms with E-state index in [2.05, 4.69) is 67.6 Å². The maximum absolute atomic E-state index is 6.66. The fourth-order valence-corrected chi connectivity index (χ4v) is 5.53. The quantitative estimate of drug-likeness (QED) is 0.764. The minimum absolute atomic E-state index is 0.356. The van der Waals surface area contributed by atoms with Gasteiger partial charge in [-0.05, 0) is 36.1 Å². The highest BCUT2D eigenvalue weighted by atomic mass is 28.3. The van der Waals surface area contributed by atoms with Gasteiger partial charge < -0.3 is 4.43 Å². The van der Waals surface area contributed by atoms with Crippen molar-refractivity contribution in [2.24, 2.45) is 5.92 Å². The van der Waals surface area contributed by atoms with Crippen LogP contribution in [0.4, 0.5) is 0 Å². The Labute approximate surface area is 136 Å². The van der Waals surface area contributed by atoms with E-state index < -0.39 is 9.04 Å². The van der Waals surface area contributed by atoms with Gasteiger partial charge in [-0.1, -0.05) is 79.9 Å². The summed E-state index contributed by atoms with van der Waals surface area (Å²) in [5.41, 5.74) is 0. The van der Waals surface area contributed by atoms with Crippen LogP contribution in [-0.4, -0.2) is 15.1 Å². The highest BCUT2D eigenvalue weighted by Crippen LogP contribution is 2.28. The lowest BCUT2D eigenvalue weighted by atomic mass is 9.86. The van der Waals surface area contributed by atoms with E-state index in [0.717, 1.165) is 5.92 Å². The van der Waals surface area contributed by atoms with E-state index in [1.54, 1.807) is 0 Å². The van der Waals surface area contributed by atoms with Gasteiger partial charge in [-0.15, -0.1) is 0 Å². The van der Waals surface area contributed by atoms with Gasteiger partial charge in [0.25, 0.3) is 9.04 Å². The summed E-state index contributed by atoms with van der Waals surface area (Å²) < 4.78 is 6.66. The molecule has 115 valence electrons. The number of hydrogen-bond acceptors (Lipinski definition) is 1. The second-order valence-electron chi connectivity index (χ2n) is 6.28. The first-order chi connectivity index (χ1) is 10.8. The lowest BCUT2D eigenvalue weighted by Crippen LogP contribution is -2.48. The highest BCUT2D eigenvalue weighted by Gasteiger charge is 2.27. The van der Waals surface area contributed by atoms with Gasteiger partial charge in [0.1, 0.15) is 0 Å². The summed E-state index contributed by atoms with van der Waals surface area (Å²) in [4.78, 5) is 0. The molecule has 1 atom stereocenters. The van der Waals surface area contributed by atoms with Crippen LogP contribution in [0.1, 0.15) is 39.0 Å². The van der Waals surface area contributed by atoms with Crippen molar-refractivity contribution < 1.29 is 4.43 Å². The molecule has 0 aliphatic heterocycles. The van der Waals surface area contributed by atoms with E-state index in [1.165, 1.54) is 42.5 Å². The predicted octanol–water partition coefficient (Wildman–Crippen LogP) is 3.78. The molecule has 0 bridgehead atoms. The zero-order chi connectivity index (χ0) is 15.2. The Morgan fingerprint density at radius 2 is 1.32 bits per heavy atom. The number of hydrogen-bond donors (Lipinski definition) is 0. The van der Waals surface area contributed by atoms with Gasteiger partial charge in [-0.3, -0.25) is 0 Å². The molecule has 0 heterocycles. The van der Waals surface area contributed by atoms with Gasteiger partial charge in [0.15, 0.2) is 0 Å². The first-order valence-corrected chi connectivity index (χ1v) is 9.90. The van der Waals surface area contributed by atoms with Gasteiger partial charge in [0, 0.05) is 6.10 Å². The SMILES string of the molecule is CC(O[Si](c1ccccc1)c1ccccc1)C1CCCCC1. The molecular weight excluding hydrogens is 284 g/mol. The van der Waals surface area contributed by atoms with E-state index in [1.807, 2.05) is 0 Å². The highest BCUT2D eigenvalue weighted by molar-refractivity contribution is 6.80. The average Bonchev–Trinajstić information content (AvgIpc) is 2.62.